The molecular weight excluding hydrogens is 377 g/mol. The molecule has 3 aromatic rings. The molecule has 1 amide bonds. The zero-order valence-electron chi connectivity index (χ0n) is 16.0. The van der Waals surface area contributed by atoms with Gasteiger partial charge in [0.1, 0.15) is 5.82 Å². The molecule has 0 aliphatic carbocycles. The Bertz CT molecular complexity index is 961. The highest BCUT2D eigenvalue weighted by atomic mass is 32.2. The smallest absolute Gasteiger partial charge is 0.237 e. The zero-order chi connectivity index (χ0) is 20.1. The normalized spacial score (nSPS) is 13.1. The van der Waals surface area contributed by atoms with E-state index in [1.54, 1.807) is 19.1 Å². The summed E-state index contributed by atoms with van der Waals surface area (Å²) in [6, 6.07) is 13.8. The third kappa shape index (κ3) is 4.56. The van der Waals surface area contributed by atoms with Crippen LogP contribution in [-0.2, 0) is 4.79 Å². The fourth-order valence-electron chi connectivity index (χ4n) is 2.73. The number of rotatable bonds is 7. The minimum Gasteiger partial charge on any atom is -0.325 e. The largest absolute Gasteiger partial charge is 0.325 e. The standard InChI is InChI=1S/C20H22FN5OS/c1-4-13(2)17-10-5-6-11-18(17)22-19(27)14(3)28-20-23-24-25-26(20)16-9-7-8-15(21)12-16/h5-14H,4H2,1-3H3,(H,22,27)/t13-,14-/m1/s1. The van der Waals surface area contributed by atoms with Crippen LogP contribution in [0.2, 0.25) is 0 Å². The van der Waals surface area contributed by atoms with E-state index in [1.165, 1.54) is 28.6 Å². The first-order valence-corrected chi connectivity index (χ1v) is 9.98. The van der Waals surface area contributed by atoms with Gasteiger partial charge in [0.2, 0.25) is 11.1 Å². The fourth-order valence-corrected chi connectivity index (χ4v) is 3.54. The Kier molecular flexibility index (Phi) is 6.41. The van der Waals surface area contributed by atoms with Crippen molar-refractivity contribution in [1.82, 2.24) is 20.2 Å². The molecule has 0 aliphatic rings. The lowest BCUT2D eigenvalue weighted by molar-refractivity contribution is -0.115. The summed E-state index contributed by atoms with van der Waals surface area (Å²) >= 11 is 1.22. The van der Waals surface area contributed by atoms with Crippen LogP contribution in [0.25, 0.3) is 5.69 Å². The summed E-state index contributed by atoms with van der Waals surface area (Å²) in [6.45, 7) is 6.04. The first kappa shape index (κ1) is 20.0. The fraction of sp³-hybridized carbons (Fsp3) is 0.300. The van der Waals surface area contributed by atoms with Gasteiger partial charge in [-0.2, -0.15) is 4.68 Å². The first-order valence-electron chi connectivity index (χ1n) is 9.10. The van der Waals surface area contributed by atoms with Crippen molar-refractivity contribution in [2.45, 2.75) is 43.5 Å². The van der Waals surface area contributed by atoms with Crippen molar-refractivity contribution in [2.75, 3.05) is 5.32 Å². The number of nitrogens with one attached hydrogen (secondary N) is 1. The minimum absolute atomic E-state index is 0.144. The van der Waals surface area contributed by atoms with Crippen LogP contribution in [-0.4, -0.2) is 31.4 Å². The van der Waals surface area contributed by atoms with E-state index < -0.39 is 5.25 Å². The number of carbonyl (C=O) groups excluding carboxylic acids is 1. The van der Waals surface area contributed by atoms with Gasteiger partial charge in [-0.25, -0.2) is 4.39 Å². The Morgan fingerprint density at radius 1 is 1.21 bits per heavy atom. The van der Waals surface area contributed by atoms with E-state index >= 15 is 0 Å². The molecule has 0 saturated heterocycles. The van der Waals surface area contributed by atoms with Crippen LogP contribution in [0.15, 0.2) is 53.7 Å². The molecule has 28 heavy (non-hydrogen) atoms. The lowest BCUT2D eigenvalue weighted by atomic mass is 9.97. The van der Waals surface area contributed by atoms with Crippen molar-refractivity contribution in [3.63, 3.8) is 0 Å². The number of halogens is 1. The molecule has 1 heterocycles. The molecule has 0 bridgehead atoms. The van der Waals surface area contributed by atoms with E-state index in [-0.39, 0.29) is 11.7 Å². The van der Waals surface area contributed by atoms with Gasteiger partial charge >= 0.3 is 0 Å². The third-order valence-electron chi connectivity index (χ3n) is 4.51. The summed E-state index contributed by atoms with van der Waals surface area (Å²) in [4.78, 5) is 12.7. The van der Waals surface area contributed by atoms with E-state index in [2.05, 4.69) is 34.7 Å². The highest BCUT2D eigenvalue weighted by molar-refractivity contribution is 8.00. The van der Waals surface area contributed by atoms with E-state index in [1.807, 2.05) is 24.3 Å². The molecule has 0 fully saturated rings. The van der Waals surface area contributed by atoms with E-state index in [0.29, 0.717) is 16.8 Å². The van der Waals surface area contributed by atoms with Gasteiger partial charge in [-0.1, -0.05) is 49.9 Å². The minimum atomic E-state index is -0.441. The molecule has 3 rings (SSSR count). The van der Waals surface area contributed by atoms with Gasteiger partial charge in [0.05, 0.1) is 10.9 Å². The average molecular weight is 399 g/mol. The molecule has 2 aromatic carbocycles. The molecule has 2 atom stereocenters. The maximum Gasteiger partial charge on any atom is 0.237 e. The van der Waals surface area contributed by atoms with Crippen molar-refractivity contribution in [1.29, 1.82) is 0 Å². The zero-order valence-corrected chi connectivity index (χ0v) is 16.8. The van der Waals surface area contributed by atoms with E-state index in [9.17, 15) is 9.18 Å². The SMILES string of the molecule is CC[C@@H](C)c1ccccc1NC(=O)[C@@H](C)Sc1nnnn1-c1cccc(F)c1. The van der Waals surface area contributed by atoms with Crippen LogP contribution < -0.4 is 5.32 Å². The lowest BCUT2D eigenvalue weighted by Crippen LogP contribution is -2.23. The van der Waals surface area contributed by atoms with Crippen molar-refractivity contribution >= 4 is 23.4 Å². The molecule has 6 nitrogen and oxygen atoms in total. The number of nitrogens with zero attached hydrogens (tertiary/aromatic N) is 4. The molecule has 0 spiro atoms. The van der Waals surface area contributed by atoms with Crippen LogP contribution in [0.1, 0.15) is 38.7 Å². The van der Waals surface area contributed by atoms with E-state index in [0.717, 1.165) is 17.7 Å². The Morgan fingerprint density at radius 3 is 2.75 bits per heavy atom. The number of thioether (sulfide) groups is 1. The Labute approximate surface area is 167 Å². The van der Waals surface area contributed by atoms with Crippen LogP contribution in [0.5, 0.6) is 0 Å². The molecule has 0 saturated carbocycles. The lowest BCUT2D eigenvalue weighted by Gasteiger charge is -2.17. The van der Waals surface area contributed by atoms with Gasteiger partial charge in [0.15, 0.2) is 0 Å². The number of hydrogen-bond acceptors (Lipinski definition) is 5. The molecule has 0 radical (unpaired) electrons. The van der Waals surface area contributed by atoms with E-state index in [4.69, 9.17) is 0 Å². The Hall–Kier alpha value is -2.74. The quantitative estimate of drug-likeness (QED) is 0.595. The predicted octanol–water partition coefficient (Wildman–Crippen LogP) is 4.43. The van der Waals surface area contributed by atoms with Gasteiger partial charge in [0.25, 0.3) is 0 Å². The van der Waals surface area contributed by atoms with Gasteiger partial charge in [-0.15, -0.1) is 5.10 Å². The second-order valence-corrected chi connectivity index (χ2v) is 7.81. The highest BCUT2D eigenvalue weighted by Gasteiger charge is 2.21. The van der Waals surface area contributed by atoms with Gasteiger partial charge < -0.3 is 5.32 Å². The molecule has 0 aliphatic heterocycles. The van der Waals surface area contributed by atoms with Crippen molar-refractivity contribution in [2.24, 2.45) is 0 Å². The van der Waals surface area contributed by atoms with Gasteiger partial charge in [-0.05, 0) is 59.5 Å². The maximum atomic E-state index is 13.5. The summed E-state index contributed by atoms with van der Waals surface area (Å²) in [5, 5.41) is 14.5. The van der Waals surface area contributed by atoms with Crippen LogP contribution in [0.4, 0.5) is 10.1 Å². The summed E-state index contributed by atoms with van der Waals surface area (Å²) < 4.78 is 14.9. The molecule has 146 valence electrons. The third-order valence-corrected chi connectivity index (χ3v) is 5.54. The number of amides is 1. The molecule has 1 aromatic heterocycles. The second kappa shape index (κ2) is 8.97. The first-order chi connectivity index (χ1) is 13.5. The van der Waals surface area contributed by atoms with Crippen LogP contribution in [0, 0.1) is 5.82 Å². The number of anilines is 1. The summed E-state index contributed by atoms with van der Waals surface area (Å²) in [5.74, 6) is -0.175. The van der Waals surface area contributed by atoms with Crippen molar-refractivity contribution < 1.29 is 9.18 Å². The second-order valence-electron chi connectivity index (χ2n) is 6.50. The van der Waals surface area contributed by atoms with Crippen LogP contribution in [0.3, 0.4) is 0 Å². The Morgan fingerprint density at radius 2 is 2.00 bits per heavy atom. The number of tetrazole rings is 1. The summed E-state index contributed by atoms with van der Waals surface area (Å²) in [6.07, 6.45) is 0.986. The molecule has 8 heteroatoms. The number of carbonyl (C=O) groups is 1. The monoisotopic (exact) mass is 399 g/mol. The molecule has 1 N–H and O–H groups in total. The Balaban J connectivity index is 1.74. The summed E-state index contributed by atoms with van der Waals surface area (Å²) in [5.41, 5.74) is 2.43. The maximum absolute atomic E-state index is 13.5. The van der Waals surface area contributed by atoms with Crippen molar-refractivity contribution in [3.8, 4) is 5.69 Å². The predicted molar refractivity (Wildman–Crippen MR) is 108 cm³/mol. The highest BCUT2D eigenvalue weighted by Crippen LogP contribution is 2.28. The number of aromatic nitrogens is 4. The topological polar surface area (TPSA) is 72.7 Å². The van der Waals surface area contributed by atoms with Gasteiger partial charge in [-0.3, -0.25) is 4.79 Å². The van der Waals surface area contributed by atoms with Crippen LogP contribution >= 0.6 is 11.8 Å². The average Bonchev–Trinajstić information content (AvgIpc) is 3.16. The van der Waals surface area contributed by atoms with Gasteiger partial charge in [0, 0.05) is 5.69 Å². The number of hydrogen-bond donors (Lipinski definition) is 1. The number of benzene rings is 2. The molecular formula is C20H22FN5OS. The number of para-hydroxylation sites is 1. The summed E-state index contributed by atoms with van der Waals surface area (Å²) in [7, 11) is 0. The molecule has 0 unspecified atom stereocenters. The van der Waals surface area contributed by atoms with Crippen molar-refractivity contribution in [3.05, 3.63) is 59.9 Å².